The van der Waals surface area contributed by atoms with Crippen LogP contribution >= 0.6 is 0 Å². The first kappa shape index (κ1) is 8.24. The van der Waals surface area contributed by atoms with Crippen molar-refractivity contribution in [3.63, 3.8) is 0 Å². The summed E-state index contributed by atoms with van der Waals surface area (Å²) in [6.07, 6.45) is 1.23. The molecular formula is C7H14O2Si. The topological polar surface area (TPSA) is 18.5 Å². The standard InChI is InChI=1S/C7H14O2Si/c1-3-7(4-9-5-7)6-10-8-2/h3-6H2,1-2H3. The Kier molecular flexibility index (Phi) is 2.89. The Balaban J connectivity index is 2.20. The van der Waals surface area contributed by atoms with Gasteiger partial charge in [-0.15, -0.1) is 0 Å². The van der Waals surface area contributed by atoms with Crippen molar-refractivity contribution in [1.82, 2.24) is 0 Å². The Morgan fingerprint density at radius 2 is 2.30 bits per heavy atom. The van der Waals surface area contributed by atoms with Gasteiger partial charge in [-0.1, -0.05) is 6.92 Å². The number of hydrogen-bond donors (Lipinski definition) is 0. The van der Waals surface area contributed by atoms with Crippen LogP contribution in [0.5, 0.6) is 0 Å². The predicted molar refractivity (Wildman–Crippen MR) is 41.1 cm³/mol. The fourth-order valence-electron chi connectivity index (χ4n) is 1.05. The van der Waals surface area contributed by atoms with E-state index in [4.69, 9.17) is 9.16 Å². The summed E-state index contributed by atoms with van der Waals surface area (Å²) in [5, 5.41) is 0. The normalized spacial score (nSPS) is 22.2. The molecule has 0 aromatic heterocycles. The first-order valence-corrected chi connectivity index (χ1v) is 4.78. The van der Waals surface area contributed by atoms with Gasteiger partial charge in [-0.2, -0.15) is 0 Å². The molecule has 1 fully saturated rings. The molecule has 0 bridgehead atoms. The van der Waals surface area contributed by atoms with Crippen molar-refractivity contribution in [2.75, 3.05) is 20.3 Å². The largest absolute Gasteiger partial charge is 0.421 e. The molecule has 1 heterocycles. The van der Waals surface area contributed by atoms with Crippen LogP contribution in [-0.2, 0) is 9.16 Å². The molecule has 0 aromatic rings. The van der Waals surface area contributed by atoms with Gasteiger partial charge >= 0.3 is 0 Å². The molecule has 0 amide bonds. The summed E-state index contributed by atoms with van der Waals surface area (Å²) in [5.74, 6) is 0. The van der Waals surface area contributed by atoms with E-state index in [0.29, 0.717) is 15.2 Å². The van der Waals surface area contributed by atoms with E-state index in [1.165, 1.54) is 12.5 Å². The Morgan fingerprint density at radius 3 is 2.60 bits per heavy atom. The molecule has 0 N–H and O–H groups in total. The van der Waals surface area contributed by atoms with Gasteiger partial charge in [-0.3, -0.25) is 0 Å². The SMILES string of the molecule is CCC1(C[Si]OC)COC1. The van der Waals surface area contributed by atoms with Crippen LogP contribution in [0.15, 0.2) is 0 Å². The van der Waals surface area contributed by atoms with Crippen molar-refractivity contribution < 1.29 is 9.16 Å². The highest BCUT2D eigenvalue weighted by Crippen LogP contribution is 2.34. The molecule has 1 saturated heterocycles. The summed E-state index contributed by atoms with van der Waals surface area (Å²) >= 11 is 0. The quantitative estimate of drug-likeness (QED) is 0.570. The lowest BCUT2D eigenvalue weighted by Crippen LogP contribution is -2.42. The van der Waals surface area contributed by atoms with Gasteiger partial charge in [0.15, 0.2) is 0 Å². The smallest absolute Gasteiger partial charge is 0.229 e. The van der Waals surface area contributed by atoms with Crippen LogP contribution in [0.2, 0.25) is 6.04 Å². The zero-order valence-electron chi connectivity index (χ0n) is 6.64. The Morgan fingerprint density at radius 1 is 1.60 bits per heavy atom. The Labute approximate surface area is 64.8 Å². The minimum atomic E-state index is 0.481. The molecule has 1 aliphatic rings. The van der Waals surface area contributed by atoms with Gasteiger partial charge in [0.05, 0.1) is 13.2 Å². The molecule has 0 saturated carbocycles. The molecule has 0 aliphatic carbocycles. The molecule has 2 radical (unpaired) electrons. The maximum atomic E-state index is 5.18. The third-order valence-electron chi connectivity index (χ3n) is 2.16. The van der Waals surface area contributed by atoms with Gasteiger partial charge in [0.25, 0.3) is 0 Å². The average Bonchev–Trinajstić information content (AvgIpc) is 1.87. The molecular weight excluding hydrogens is 144 g/mol. The fourth-order valence-corrected chi connectivity index (χ4v) is 1.95. The van der Waals surface area contributed by atoms with E-state index in [1.807, 2.05) is 0 Å². The van der Waals surface area contributed by atoms with Crippen molar-refractivity contribution in [2.45, 2.75) is 19.4 Å². The third kappa shape index (κ3) is 1.59. The second-order valence-electron chi connectivity index (χ2n) is 2.87. The molecule has 1 aliphatic heterocycles. The molecule has 58 valence electrons. The van der Waals surface area contributed by atoms with Crippen LogP contribution < -0.4 is 0 Å². The second kappa shape index (κ2) is 3.51. The van der Waals surface area contributed by atoms with E-state index in [0.717, 1.165) is 13.2 Å². The van der Waals surface area contributed by atoms with Gasteiger partial charge in [-0.05, 0) is 12.5 Å². The van der Waals surface area contributed by atoms with E-state index in [2.05, 4.69) is 6.92 Å². The van der Waals surface area contributed by atoms with Crippen LogP contribution in [0.3, 0.4) is 0 Å². The highest BCUT2D eigenvalue weighted by molar-refractivity contribution is 6.27. The van der Waals surface area contributed by atoms with Crippen LogP contribution in [-0.4, -0.2) is 30.1 Å². The van der Waals surface area contributed by atoms with Crippen molar-refractivity contribution in [1.29, 1.82) is 0 Å². The highest BCUT2D eigenvalue weighted by atomic mass is 28.2. The molecule has 0 unspecified atom stereocenters. The minimum absolute atomic E-state index is 0.481. The number of hydrogen-bond acceptors (Lipinski definition) is 2. The summed E-state index contributed by atoms with van der Waals surface area (Å²) in [6, 6.07) is 1.18. The molecule has 2 nitrogen and oxygen atoms in total. The molecule has 0 spiro atoms. The van der Waals surface area contributed by atoms with Crippen molar-refractivity contribution in [3.05, 3.63) is 0 Å². The van der Waals surface area contributed by atoms with Crippen LogP contribution in [0, 0.1) is 5.41 Å². The fraction of sp³-hybridized carbons (Fsp3) is 1.00. The van der Waals surface area contributed by atoms with E-state index >= 15 is 0 Å². The van der Waals surface area contributed by atoms with Gasteiger partial charge < -0.3 is 9.16 Å². The zero-order valence-corrected chi connectivity index (χ0v) is 7.64. The lowest BCUT2D eigenvalue weighted by Gasteiger charge is -2.40. The number of ether oxygens (including phenoxy) is 1. The first-order valence-electron chi connectivity index (χ1n) is 3.66. The second-order valence-corrected chi connectivity index (χ2v) is 3.92. The molecule has 0 atom stereocenters. The van der Waals surface area contributed by atoms with Crippen molar-refractivity contribution in [3.8, 4) is 0 Å². The van der Waals surface area contributed by atoms with Crippen LogP contribution in [0.1, 0.15) is 13.3 Å². The maximum Gasteiger partial charge on any atom is 0.229 e. The molecule has 3 heteroatoms. The molecule has 1 rings (SSSR count). The lowest BCUT2D eigenvalue weighted by atomic mass is 9.85. The summed E-state index contributed by atoms with van der Waals surface area (Å²) in [4.78, 5) is 0. The van der Waals surface area contributed by atoms with E-state index in [9.17, 15) is 0 Å². The summed E-state index contributed by atoms with van der Waals surface area (Å²) in [6.45, 7) is 4.11. The summed E-state index contributed by atoms with van der Waals surface area (Å²) in [7, 11) is 2.42. The average molecular weight is 158 g/mol. The third-order valence-corrected chi connectivity index (χ3v) is 3.34. The van der Waals surface area contributed by atoms with Crippen molar-refractivity contribution >= 4 is 9.76 Å². The van der Waals surface area contributed by atoms with E-state index in [-0.39, 0.29) is 0 Å². The molecule has 0 aromatic carbocycles. The summed E-state index contributed by atoms with van der Waals surface area (Å²) < 4.78 is 10.2. The van der Waals surface area contributed by atoms with E-state index < -0.39 is 0 Å². The van der Waals surface area contributed by atoms with E-state index in [1.54, 1.807) is 7.11 Å². The Hall–Kier alpha value is 0.137. The lowest BCUT2D eigenvalue weighted by molar-refractivity contribution is -0.103. The zero-order chi connectivity index (χ0) is 7.45. The van der Waals surface area contributed by atoms with Crippen molar-refractivity contribution in [2.24, 2.45) is 5.41 Å². The van der Waals surface area contributed by atoms with Crippen LogP contribution in [0.25, 0.3) is 0 Å². The van der Waals surface area contributed by atoms with Crippen LogP contribution in [0.4, 0.5) is 0 Å². The minimum Gasteiger partial charge on any atom is -0.421 e. The molecule has 10 heavy (non-hydrogen) atoms. The summed E-state index contributed by atoms with van der Waals surface area (Å²) in [5.41, 5.74) is 0.481. The number of rotatable bonds is 4. The van der Waals surface area contributed by atoms with Gasteiger partial charge in [0, 0.05) is 12.5 Å². The monoisotopic (exact) mass is 158 g/mol. The highest BCUT2D eigenvalue weighted by Gasteiger charge is 2.36. The van der Waals surface area contributed by atoms with Gasteiger partial charge in [-0.25, -0.2) is 0 Å². The van der Waals surface area contributed by atoms with Gasteiger partial charge in [0.1, 0.15) is 0 Å². The van der Waals surface area contributed by atoms with Gasteiger partial charge in [0.2, 0.25) is 9.76 Å². The predicted octanol–water partition coefficient (Wildman–Crippen LogP) is 1.10. The Bertz CT molecular complexity index is 96.3. The maximum absolute atomic E-state index is 5.18. The first-order chi connectivity index (χ1) is 4.83.